The maximum absolute atomic E-state index is 11.8. The number of aromatic nitrogens is 2. The molecule has 0 radical (unpaired) electrons. The molecule has 1 aromatic heterocycles. The molecule has 0 spiro atoms. The van der Waals surface area contributed by atoms with Gasteiger partial charge < -0.3 is 11.1 Å². The first kappa shape index (κ1) is 22.6. The van der Waals surface area contributed by atoms with Gasteiger partial charge in [0.15, 0.2) is 0 Å². The minimum Gasteiger partial charge on any atom is -0.383 e. The zero-order valence-corrected chi connectivity index (χ0v) is 17.9. The van der Waals surface area contributed by atoms with E-state index in [0.717, 1.165) is 43.1 Å². The summed E-state index contributed by atoms with van der Waals surface area (Å²) in [5.41, 5.74) is 6.86. The number of nitrogens with two attached hydrogens (primary N) is 1. The molecule has 4 N–H and O–H groups in total. The van der Waals surface area contributed by atoms with E-state index in [2.05, 4.69) is 20.0 Å². The van der Waals surface area contributed by atoms with Crippen LogP contribution in [0.25, 0.3) is 10.9 Å². The Bertz CT molecular complexity index is 885. The molecule has 1 aliphatic carbocycles. The third-order valence-electron chi connectivity index (χ3n) is 5.18. The van der Waals surface area contributed by atoms with Crippen LogP contribution in [0.3, 0.4) is 0 Å². The van der Waals surface area contributed by atoms with E-state index in [1.165, 1.54) is 18.4 Å². The van der Waals surface area contributed by atoms with Crippen LogP contribution in [0.5, 0.6) is 0 Å². The molecule has 1 heterocycles. The molecule has 1 fully saturated rings. The number of nitrogen functional groups attached to an aromatic ring is 1. The molecule has 8 nitrogen and oxygen atoms in total. The van der Waals surface area contributed by atoms with Gasteiger partial charge in [-0.25, -0.2) is 9.71 Å². The Morgan fingerprint density at radius 3 is 2.32 bits per heavy atom. The van der Waals surface area contributed by atoms with Gasteiger partial charge in [-0.2, -0.15) is 17.7 Å². The van der Waals surface area contributed by atoms with E-state index in [4.69, 9.17) is 5.73 Å². The fraction of sp³-hybridized carbons (Fsp3) is 0.556. The Hall–Kier alpha value is -1.68. The van der Waals surface area contributed by atoms with Crippen molar-refractivity contribution in [3.8, 4) is 0 Å². The van der Waals surface area contributed by atoms with Gasteiger partial charge in [-0.1, -0.05) is 12.1 Å². The average Bonchev–Trinajstić information content (AvgIpc) is 2.65. The molecular formula is C18H29ClN6O2S. The third kappa shape index (κ3) is 5.66. The van der Waals surface area contributed by atoms with E-state index in [1.54, 1.807) is 0 Å². The number of rotatable bonds is 7. The number of hydrogen-bond acceptors (Lipinski definition) is 6. The summed E-state index contributed by atoms with van der Waals surface area (Å²) in [7, 11) is -0.268. The Morgan fingerprint density at radius 2 is 1.68 bits per heavy atom. The van der Waals surface area contributed by atoms with E-state index >= 15 is 0 Å². The SMILES string of the molecule is CN(C)S(=O)(=O)NCC1CCC(CNc2nc(N)c3ccccc3n2)CC1.Cl. The van der Waals surface area contributed by atoms with Crippen molar-refractivity contribution in [2.24, 2.45) is 11.8 Å². The summed E-state index contributed by atoms with van der Waals surface area (Å²) < 4.78 is 27.5. The van der Waals surface area contributed by atoms with Crippen molar-refractivity contribution in [1.82, 2.24) is 19.0 Å². The normalized spacial score (nSPS) is 20.1. The molecule has 0 amide bonds. The van der Waals surface area contributed by atoms with Gasteiger partial charge >= 0.3 is 0 Å². The van der Waals surface area contributed by atoms with Crippen LogP contribution in [0, 0.1) is 11.8 Å². The minimum atomic E-state index is -3.34. The maximum atomic E-state index is 11.8. The van der Waals surface area contributed by atoms with Crippen molar-refractivity contribution in [1.29, 1.82) is 0 Å². The van der Waals surface area contributed by atoms with E-state index in [0.29, 0.717) is 30.1 Å². The molecule has 28 heavy (non-hydrogen) atoms. The van der Waals surface area contributed by atoms with Crippen molar-refractivity contribution in [3.63, 3.8) is 0 Å². The van der Waals surface area contributed by atoms with Crippen LogP contribution in [0.4, 0.5) is 11.8 Å². The zero-order chi connectivity index (χ0) is 19.4. The summed E-state index contributed by atoms with van der Waals surface area (Å²) in [6, 6.07) is 7.70. The fourth-order valence-electron chi connectivity index (χ4n) is 3.41. The Labute approximate surface area is 172 Å². The van der Waals surface area contributed by atoms with Crippen LogP contribution in [0.1, 0.15) is 25.7 Å². The van der Waals surface area contributed by atoms with Gasteiger partial charge in [0, 0.05) is 32.6 Å². The van der Waals surface area contributed by atoms with Crippen molar-refractivity contribution in [3.05, 3.63) is 24.3 Å². The zero-order valence-electron chi connectivity index (χ0n) is 16.3. The number of nitrogens with zero attached hydrogens (tertiary/aromatic N) is 3. The number of hydrogen-bond donors (Lipinski definition) is 3. The van der Waals surface area contributed by atoms with Crippen molar-refractivity contribution >= 4 is 45.3 Å². The highest BCUT2D eigenvalue weighted by Gasteiger charge is 2.23. The number of halogens is 1. The van der Waals surface area contributed by atoms with Crippen LogP contribution in [-0.4, -0.2) is 49.9 Å². The summed E-state index contributed by atoms with van der Waals surface area (Å²) in [5, 5.41) is 4.18. The molecule has 3 rings (SSSR count). The van der Waals surface area contributed by atoms with Crippen molar-refractivity contribution in [2.45, 2.75) is 25.7 Å². The van der Waals surface area contributed by atoms with Gasteiger partial charge in [-0.15, -0.1) is 12.4 Å². The molecular weight excluding hydrogens is 400 g/mol. The van der Waals surface area contributed by atoms with Gasteiger partial charge in [0.1, 0.15) is 5.82 Å². The predicted octanol–water partition coefficient (Wildman–Crippen LogP) is 2.25. The second-order valence-corrected chi connectivity index (χ2v) is 9.32. The van der Waals surface area contributed by atoms with Gasteiger partial charge in [-0.3, -0.25) is 0 Å². The van der Waals surface area contributed by atoms with Crippen LogP contribution >= 0.6 is 12.4 Å². The number of fused-ring (bicyclic) bond motifs is 1. The molecule has 1 saturated carbocycles. The van der Waals surface area contributed by atoms with Gasteiger partial charge in [0.05, 0.1) is 5.52 Å². The van der Waals surface area contributed by atoms with E-state index in [1.807, 2.05) is 24.3 Å². The average molecular weight is 429 g/mol. The van der Waals surface area contributed by atoms with Gasteiger partial charge in [-0.05, 0) is 49.7 Å². The van der Waals surface area contributed by atoms with Gasteiger partial charge in [0.25, 0.3) is 10.2 Å². The number of benzene rings is 1. The lowest BCUT2D eigenvalue weighted by molar-refractivity contribution is 0.283. The Balaban J connectivity index is 0.00000280. The first-order valence-electron chi connectivity index (χ1n) is 9.28. The summed E-state index contributed by atoms with van der Waals surface area (Å²) in [6.45, 7) is 1.30. The highest BCUT2D eigenvalue weighted by atomic mass is 35.5. The topological polar surface area (TPSA) is 113 Å². The first-order valence-corrected chi connectivity index (χ1v) is 10.7. The van der Waals surface area contributed by atoms with Crippen LogP contribution < -0.4 is 15.8 Å². The largest absolute Gasteiger partial charge is 0.383 e. The van der Waals surface area contributed by atoms with Crippen LogP contribution in [0.15, 0.2) is 24.3 Å². The second kappa shape index (κ2) is 9.69. The highest BCUT2D eigenvalue weighted by molar-refractivity contribution is 7.87. The molecule has 2 aromatic rings. The molecule has 156 valence electrons. The predicted molar refractivity (Wildman–Crippen MR) is 116 cm³/mol. The Morgan fingerprint density at radius 1 is 1.07 bits per heavy atom. The second-order valence-electron chi connectivity index (χ2n) is 7.35. The number of nitrogens with one attached hydrogen (secondary N) is 2. The van der Waals surface area contributed by atoms with Crippen LogP contribution in [0.2, 0.25) is 0 Å². The van der Waals surface area contributed by atoms with E-state index in [-0.39, 0.29) is 12.4 Å². The minimum absolute atomic E-state index is 0. The molecule has 0 bridgehead atoms. The van der Waals surface area contributed by atoms with Crippen LogP contribution in [-0.2, 0) is 10.2 Å². The van der Waals surface area contributed by atoms with Crippen molar-refractivity contribution in [2.75, 3.05) is 38.2 Å². The lowest BCUT2D eigenvalue weighted by Gasteiger charge is -2.29. The molecule has 0 saturated heterocycles. The molecule has 1 aromatic carbocycles. The highest BCUT2D eigenvalue weighted by Crippen LogP contribution is 2.29. The van der Waals surface area contributed by atoms with E-state index in [9.17, 15) is 8.42 Å². The molecule has 0 aliphatic heterocycles. The fourth-order valence-corrected chi connectivity index (χ4v) is 4.11. The maximum Gasteiger partial charge on any atom is 0.278 e. The molecule has 0 unspecified atom stereocenters. The number of anilines is 2. The van der Waals surface area contributed by atoms with Crippen molar-refractivity contribution < 1.29 is 8.42 Å². The van der Waals surface area contributed by atoms with E-state index < -0.39 is 10.2 Å². The smallest absolute Gasteiger partial charge is 0.278 e. The monoisotopic (exact) mass is 428 g/mol. The summed E-state index contributed by atoms with van der Waals surface area (Å²) >= 11 is 0. The van der Waals surface area contributed by atoms with Gasteiger partial charge in [0.2, 0.25) is 5.95 Å². The molecule has 1 aliphatic rings. The summed E-state index contributed by atoms with van der Waals surface area (Å²) in [6.07, 6.45) is 4.15. The summed E-state index contributed by atoms with van der Waals surface area (Å²) in [5.74, 6) is 1.97. The summed E-state index contributed by atoms with van der Waals surface area (Å²) in [4.78, 5) is 8.87. The first-order chi connectivity index (χ1) is 12.8. The quantitative estimate of drug-likeness (QED) is 0.623. The Kier molecular flexibility index (Phi) is 7.82. The lowest BCUT2D eigenvalue weighted by Crippen LogP contribution is -2.39. The number of para-hydroxylation sites is 1. The molecule has 10 heteroatoms. The lowest BCUT2D eigenvalue weighted by atomic mass is 9.82. The molecule has 0 atom stereocenters. The third-order valence-corrected chi connectivity index (χ3v) is 6.68. The standard InChI is InChI=1S/C18H28N6O2S.ClH/c1-24(2)27(25,26)21-12-14-9-7-13(8-10-14)11-20-18-22-16-6-4-3-5-15(16)17(19)23-18;/h3-6,13-14,21H,7-12H2,1-2H3,(H3,19,20,22,23);1H.